The van der Waals surface area contributed by atoms with Gasteiger partial charge in [0.15, 0.2) is 6.10 Å². The van der Waals surface area contributed by atoms with Gasteiger partial charge in [-0.1, -0.05) is 194 Å². The van der Waals surface area contributed by atoms with Crippen molar-refractivity contribution in [1.29, 1.82) is 0 Å². The summed E-state index contributed by atoms with van der Waals surface area (Å²) in [5.41, 5.74) is 0. The number of hydrogen-bond donors (Lipinski definition) is 0. The highest BCUT2D eigenvalue weighted by Gasteiger charge is 2.17. The molecule has 0 N–H and O–H groups in total. The molecule has 0 aromatic carbocycles. The van der Waals surface area contributed by atoms with E-state index in [9.17, 15) is 9.59 Å². The molecule has 0 aromatic heterocycles. The van der Waals surface area contributed by atoms with Gasteiger partial charge in [-0.2, -0.15) is 0 Å². The standard InChI is InChI=1S/C59H96O5/c1-4-7-10-13-16-19-22-25-28-29-30-33-36-39-42-45-48-51-54-62-55-57(64-59(61)53-50-47-44-41-38-35-32-27-24-21-18-15-12-9-6-3)56-63-58(60)52-49-46-43-40-37-34-31-26-23-20-17-14-11-8-5-2/h7-8,10-11,16-21,25-28,30-33,39,42,57H,4-6,9,12-15,22-24,29,34-38,40-41,43-56H2,1-3H3/b10-7-,11-8-,19-16-,20-17-,21-18-,28-25-,31-26-,32-27-,33-30-,42-39-. The molecule has 0 bridgehead atoms. The zero-order valence-corrected chi connectivity index (χ0v) is 41.5. The number of carbonyl (C=O) groups excluding carboxylic acids is 2. The highest BCUT2D eigenvalue weighted by molar-refractivity contribution is 5.70. The summed E-state index contributed by atoms with van der Waals surface area (Å²) in [6.45, 7) is 7.43. The first-order valence-corrected chi connectivity index (χ1v) is 26.1. The molecule has 0 aliphatic carbocycles. The quantitative estimate of drug-likeness (QED) is 0.0346. The Labute approximate surface area is 395 Å². The fourth-order valence-corrected chi connectivity index (χ4v) is 6.64. The van der Waals surface area contributed by atoms with Crippen molar-refractivity contribution >= 4 is 11.9 Å². The van der Waals surface area contributed by atoms with Crippen LogP contribution in [0.4, 0.5) is 0 Å². The van der Waals surface area contributed by atoms with E-state index in [1.54, 1.807) is 0 Å². The van der Waals surface area contributed by atoms with Crippen molar-refractivity contribution in [2.24, 2.45) is 0 Å². The summed E-state index contributed by atoms with van der Waals surface area (Å²) in [6, 6.07) is 0. The van der Waals surface area contributed by atoms with E-state index in [-0.39, 0.29) is 25.2 Å². The van der Waals surface area contributed by atoms with E-state index in [0.717, 1.165) is 128 Å². The van der Waals surface area contributed by atoms with Crippen LogP contribution in [0.25, 0.3) is 0 Å². The summed E-state index contributed by atoms with van der Waals surface area (Å²) in [5, 5.41) is 0. The SMILES string of the molecule is CC/C=C\C/C=C\C/C=C\C/C=C\C/C=C\CCCCOCC(COC(=O)CCCCCCC/C=C\C/C=C\C/C=C\CC)OC(=O)CCCCCCC/C=C\C/C=C\CCCCC. The molecule has 0 rings (SSSR count). The first kappa shape index (κ1) is 60.3. The lowest BCUT2D eigenvalue weighted by molar-refractivity contribution is -0.163. The Morgan fingerprint density at radius 1 is 0.359 bits per heavy atom. The van der Waals surface area contributed by atoms with Gasteiger partial charge in [0.25, 0.3) is 0 Å². The number of hydrogen-bond acceptors (Lipinski definition) is 5. The molecule has 0 aromatic rings. The van der Waals surface area contributed by atoms with Gasteiger partial charge in [0.1, 0.15) is 6.61 Å². The van der Waals surface area contributed by atoms with Crippen molar-refractivity contribution < 1.29 is 23.8 Å². The minimum Gasteiger partial charge on any atom is -0.462 e. The Hall–Kier alpha value is -3.70. The molecule has 5 heteroatoms. The molecule has 362 valence electrons. The van der Waals surface area contributed by atoms with Crippen LogP contribution in [0.1, 0.15) is 213 Å². The van der Waals surface area contributed by atoms with Crippen molar-refractivity contribution in [3.63, 3.8) is 0 Å². The van der Waals surface area contributed by atoms with Gasteiger partial charge >= 0.3 is 11.9 Å². The van der Waals surface area contributed by atoms with E-state index in [1.807, 2.05) is 0 Å². The number of rotatable bonds is 46. The Morgan fingerprint density at radius 3 is 1.12 bits per heavy atom. The van der Waals surface area contributed by atoms with Crippen LogP contribution >= 0.6 is 0 Å². The molecule has 1 atom stereocenters. The Bertz CT molecular complexity index is 1320. The smallest absolute Gasteiger partial charge is 0.306 e. The van der Waals surface area contributed by atoms with Crippen molar-refractivity contribution in [3.05, 3.63) is 122 Å². The number of carbonyl (C=O) groups is 2. The van der Waals surface area contributed by atoms with E-state index >= 15 is 0 Å². The van der Waals surface area contributed by atoms with Crippen LogP contribution in [0.5, 0.6) is 0 Å². The summed E-state index contributed by atoms with van der Waals surface area (Å²) >= 11 is 0. The highest BCUT2D eigenvalue weighted by atomic mass is 16.6. The van der Waals surface area contributed by atoms with E-state index in [0.29, 0.717) is 19.4 Å². The van der Waals surface area contributed by atoms with Gasteiger partial charge < -0.3 is 14.2 Å². The summed E-state index contributed by atoms with van der Waals surface area (Å²) < 4.78 is 17.3. The summed E-state index contributed by atoms with van der Waals surface area (Å²) in [7, 11) is 0. The molecule has 0 aliphatic rings. The molecule has 0 aliphatic heterocycles. The third-order valence-corrected chi connectivity index (χ3v) is 10.5. The molecule has 5 nitrogen and oxygen atoms in total. The fraction of sp³-hybridized carbons (Fsp3) is 0.627. The zero-order valence-electron chi connectivity index (χ0n) is 41.5. The van der Waals surface area contributed by atoms with Crippen LogP contribution in [0.3, 0.4) is 0 Å². The van der Waals surface area contributed by atoms with Crippen LogP contribution in [0.2, 0.25) is 0 Å². The maximum absolute atomic E-state index is 12.8. The first-order chi connectivity index (χ1) is 31.6. The lowest BCUT2D eigenvalue weighted by atomic mass is 10.1. The predicted molar refractivity (Wildman–Crippen MR) is 279 cm³/mol. The van der Waals surface area contributed by atoms with Gasteiger partial charge in [0, 0.05) is 19.4 Å². The minimum absolute atomic E-state index is 0.0454. The first-order valence-electron chi connectivity index (χ1n) is 26.1. The van der Waals surface area contributed by atoms with E-state index in [1.165, 1.54) is 51.4 Å². The monoisotopic (exact) mass is 885 g/mol. The van der Waals surface area contributed by atoms with Crippen molar-refractivity contribution in [3.8, 4) is 0 Å². The van der Waals surface area contributed by atoms with Gasteiger partial charge in [-0.25, -0.2) is 0 Å². The molecule has 0 spiro atoms. The normalized spacial score (nSPS) is 13.2. The number of ether oxygens (including phenoxy) is 3. The van der Waals surface area contributed by atoms with Crippen LogP contribution in [0.15, 0.2) is 122 Å². The van der Waals surface area contributed by atoms with Gasteiger partial charge in [-0.15, -0.1) is 0 Å². The molecule has 0 fully saturated rings. The molecular formula is C59H96O5. The van der Waals surface area contributed by atoms with Crippen LogP contribution in [0, 0.1) is 0 Å². The van der Waals surface area contributed by atoms with Gasteiger partial charge in [0.05, 0.1) is 6.61 Å². The molecular weight excluding hydrogens is 789 g/mol. The maximum atomic E-state index is 12.8. The van der Waals surface area contributed by atoms with Crippen molar-refractivity contribution in [2.45, 2.75) is 219 Å². The van der Waals surface area contributed by atoms with E-state index in [2.05, 4.69) is 142 Å². The summed E-state index contributed by atoms with van der Waals surface area (Å²) in [4.78, 5) is 25.4. The minimum atomic E-state index is -0.582. The molecule has 0 radical (unpaired) electrons. The average molecular weight is 885 g/mol. The Balaban J connectivity index is 4.44. The van der Waals surface area contributed by atoms with Crippen LogP contribution < -0.4 is 0 Å². The highest BCUT2D eigenvalue weighted by Crippen LogP contribution is 2.12. The molecule has 1 unspecified atom stereocenters. The van der Waals surface area contributed by atoms with Crippen molar-refractivity contribution in [1.82, 2.24) is 0 Å². The number of unbranched alkanes of at least 4 members (excludes halogenated alkanes) is 15. The third-order valence-electron chi connectivity index (χ3n) is 10.5. The van der Waals surface area contributed by atoms with Crippen molar-refractivity contribution in [2.75, 3.05) is 19.8 Å². The molecule has 0 saturated carbocycles. The van der Waals surface area contributed by atoms with E-state index < -0.39 is 6.10 Å². The third kappa shape index (κ3) is 50.9. The van der Waals surface area contributed by atoms with Crippen LogP contribution in [-0.2, 0) is 23.8 Å². The second-order valence-electron chi connectivity index (χ2n) is 16.7. The Morgan fingerprint density at radius 2 is 0.703 bits per heavy atom. The van der Waals surface area contributed by atoms with Gasteiger partial charge in [-0.3, -0.25) is 9.59 Å². The molecule has 0 heterocycles. The maximum Gasteiger partial charge on any atom is 0.306 e. The molecule has 0 saturated heterocycles. The van der Waals surface area contributed by atoms with E-state index in [4.69, 9.17) is 14.2 Å². The molecule has 0 amide bonds. The zero-order chi connectivity index (χ0) is 46.3. The van der Waals surface area contributed by atoms with Gasteiger partial charge in [0.2, 0.25) is 0 Å². The second-order valence-corrected chi connectivity index (χ2v) is 16.7. The topological polar surface area (TPSA) is 61.8 Å². The number of esters is 2. The average Bonchev–Trinajstić information content (AvgIpc) is 3.30. The lowest BCUT2D eigenvalue weighted by Gasteiger charge is -2.18. The summed E-state index contributed by atoms with van der Waals surface area (Å²) in [5.74, 6) is -0.465. The largest absolute Gasteiger partial charge is 0.462 e. The van der Waals surface area contributed by atoms with Gasteiger partial charge in [-0.05, 0) is 128 Å². The predicted octanol–water partition coefficient (Wildman–Crippen LogP) is 17.8. The molecule has 64 heavy (non-hydrogen) atoms. The number of allylic oxidation sites excluding steroid dienone is 20. The lowest BCUT2D eigenvalue weighted by Crippen LogP contribution is -2.30. The second kappa shape index (κ2) is 53.6. The summed E-state index contributed by atoms with van der Waals surface area (Å²) in [6.07, 6.45) is 74.9. The van der Waals surface area contributed by atoms with Crippen LogP contribution in [-0.4, -0.2) is 37.9 Å². The fourth-order valence-electron chi connectivity index (χ4n) is 6.64. The Kier molecular flexibility index (Phi) is 50.5.